The molecule has 0 aliphatic heterocycles. The summed E-state index contributed by atoms with van der Waals surface area (Å²) >= 11 is 0. The number of ether oxygens (including phenoxy) is 1. The molecule has 0 aliphatic carbocycles. The molecule has 0 bridgehead atoms. The molecule has 2 N–H and O–H groups in total. The van der Waals surface area contributed by atoms with Crippen molar-refractivity contribution < 1.29 is 9.53 Å². The first kappa shape index (κ1) is 20.2. The van der Waals surface area contributed by atoms with E-state index in [9.17, 15) is 4.79 Å². The normalized spacial score (nSPS) is 10.5. The van der Waals surface area contributed by atoms with Crippen molar-refractivity contribution >= 4 is 17.5 Å². The van der Waals surface area contributed by atoms with Crippen molar-refractivity contribution in [2.45, 2.75) is 6.54 Å². The Morgan fingerprint density at radius 2 is 1.71 bits per heavy atom. The van der Waals surface area contributed by atoms with E-state index in [-0.39, 0.29) is 5.91 Å². The van der Waals surface area contributed by atoms with Crippen LogP contribution in [0, 0.1) is 0 Å². The Morgan fingerprint density at radius 1 is 1.00 bits per heavy atom. The zero-order chi connectivity index (χ0) is 21.6. The van der Waals surface area contributed by atoms with Crippen molar-refractivity contribution in [2.24, 2.45) is 7.05 Å². The van der Waals surface area contributed by atoms with Gasteiger partial charge in [0.1, 0.15) is 11.4 Å². The molecule has 0 unspecified atom stereocenters. The molecule has 7 nitrogen and oxygen atoms in total. The molecule has 31 heavy (non-hydrogen) atoms. The van der Waals surface area contributed by atoms with E-state index in [1.54, 1.807) is 24.1 Å². The van der Waals surface area contributed by atoms with E-state index >= 15 is 0 Å². The molecular formula is C24H23N5O2. The number of nitrogens with zero attached hydrogens (tertiary/aromatic N) is 3. The number of methoxy groups -OCH3 is 1. The smallest absolute Gasteiger partial charge is 0.268 e. The fourth-order valence-corrected chi connectivity index (χ4v) is 3.26. The van der Waals surface area contributed by atoms with Crippen LogP contribution in [0.3, 0.4) is 0 Å². The number of carbonyl (C=O) groups excluding carboxylic acids is 1. The predicted molar refractivity (Wildman–Crippen MR) is 120 cm³/mol. The number of benzene rings is 2. The molecule has 0 fully saturated rings. The van der Waals surface area contributed by atoms with Crippen molar-refractivity contribution in [3.8, 4) is 16.9 Å². The third kappa shape index (κ3) is 4.72. The Balaban J connectivity index is 1.45. The number of hydrogen-bond donors (Lipinski definition) is 2. The summed E-state index contributed by atoms with van der Waals surface area (Å²) in [6, 6.07) is 19.2. The number of para-hydroxylation sites is 2. The van der Waals surface area contributed by atoms with Gasteiger partial charge in [0.05, 0.1) is 7.11 Å². The SMILES string of the molecule is COc1ccccc1CNC(=O)c1cc(-c2cnc(Nc3ccccc3)nc2)cn1C. The summed E-state index contributed by atoms with van der Waals surface area (Å²) in [4.78, 5) is 21.5. The summed E-state index contributed by atoms with van der Waals surface area (Å²) in [7, 11) is 3.46. The highest BCUT2D eigenvalue weighted by Crippen LogP contribution is 2.22. The van der Waals surface area contributed by atoms with Gasteiger partial charge in [0.2, 0.25) is 5.95 Å². The van der Waals surface area contributed by atoms with E-state index in [1.165, 1.54) is 0 Å². The minimum absolute atomic E-state index is 0.164. The summed E-state index contributed by atoms with van der Waals surface area (Å²) < 4.78 is 7.14. The van der Waals surface area contributed by atoms with E-state index in [0.29, 0.717) is 18.2 Å². The molecule has 1 amide bonds. The number of carbonyl (C=O) groups is 1. The standard InChI is InChI=1S/C24H23N5O2/c1-29-16-18(19-14-26-24(27-15-19)28-20-9-4-3-5-10-20)12-21(29)23(30)25-13-17-8-6-7-11-22(17)31-2/h3-12,14-16H,13H2,1-2H3,(H,25,30)(H,26,27,28). The van der Waals surface area contributed by atoms with Crippen molar-refractivity contribution in [3.05, 3.63) is 90.5 Å². The van der Waals surface area contributed by atoms with Crippen molar-refractivity contribution in [1.29, 1.82) is 0 Å². The minimum Gasteiger partial charge on any atom is -0.496 e. The molecule has 2 heterocycles. The summed E-state index contributed by atoms with van der Waals surface area (Å²) in [5, 5.41) is 6.11. The van der Waals surface area contributed by atoms with Gasteiger partial charge in [-0.2, -0.15) is 0 Å². The number of anilines is 2. The second-order valence-corrected chi connectivity index (χ2v) is 7.01. The highest BCUT2D eigenvalue weighted by Gasteiger charge is 2.14. The molecule has 2 aromatic heterocycles. The van der Waals surface area contributed by atoms with Crippen LogP contribution in [0.4, 0.5) is 11.6 Å². The van der Waals surface area contributed by atoms with Crippen LogP contribution in [-0.2, 0) is 13.6 Å². The average molecular weight is 413 g/mol. The molecule has 4 rings (SSSR count). The molecule has 2 aromatic carbocycles. The summed E-state index contributed by atoms with van der Waals surface area (Å²) in [6.07, 6.45) is 5.37. The van der Waals surface area contributed by atoms with Crippen molar-refractivity contribution in [1.82, 2.24) is 19.9 Å². The van der Waals surface area contributed by atoms with Crippen LogP contribution in [0.5, 0.6) is 5.75 Å². The summed E-state index contributed by atoms with van der Waals surface area (Å²) in [5.41, 5.74) is 4.09. The van der Waals surface area contributed by atoms with Gasteiger partial charge in [0, 0.05) is 54.6 Å². The molecule has 7 heteroatoms. The first-order valence-corrected chi connectivity index (χ1v) is 9.85. The lowest BCUT2D eigenvalue weighted by Crippen LogP contribution is -2.24. The Bertz CT molecular complexity index is 1170. The molecule has 0 saturated heterocycles. The van der Waals surface area contributed by atoms with Crippen LogP contribution in [0.1, 0.15) is 16.1 Å². The first-order chi connectivity index (χ1) is 15.1. The van der Waals surface area contributed by atoms with Crippen LogP contribution in [0.15, 0.2) is 79.3 Å². The molecule has 0 aliphatic rings. The van der Waals surface area contributed by atoms with E-state index in [4.69, 9.17) is 4.74 Å². The summed E-state index contributed by atoms with van der Waals surface area (Å²) in [5.74, 6) is 1.10. The van der Waals surface area contributed by atoms with Gasteiger partial charge in [-0.25, -0.2) is 9.97 Å². The number of aryl methyl sites for hydroxylation is 1. The van der Waals surface area contributed by atoms with Gasteiger partial charge in [-0.3, -0.25) is 4.79 Å². The van der Waals surface area contributed by atoms with E-state index in [2.05, 4.69) is 20.6 Å². The molecule has 0 radical (unpaired) electrons. The van der Waals surface area contributed by atoms with Crippen LogP contribution < -0.4 is 15.4 Å². The molecule has 0 spiro atoms. The second-order valence-electron chi connectivity index (χ2n) is 7.01. The molecular weight excluding hydrogens is 390 g/mol. The fraction of sp³-hybridized carbons (Fsp3) is 0.125. The topological polar surface area (TPSA) is 81.1 Å². The van der Waals surface area contributed by atoms with Gasteiger partial charge in [-0.05, 0) is 24.3 Å². The molecule has 0 saturated carbocycles. The number of rotatable bonds is 7. The quantitative estimate of drug-likeness (QED) is 0.475. The van der Waals surface area contributed by atoms with Crippen molar-refractivity contribution in [2.75, 3.05) is 12.4 Å². The maximum absolute atomic E-state index is 12.7. The third-order valence-corrected chi connectivity index (χ3v) is 4.88. The van der Waals surface area contributed by atoms with Gasteiger partial charge in [-0.1, -0.05) is 36.4 Å². The lowest BCUT2D eigenvalue weighted by Gasteiger charge is -2.09. The van der Waals surface area contributed by atoms with Gasteiger partial charge in [0.15, 0.2) is 0 Å². The van der Waals surface area contributed by atoms with Gasteiger partial charge in [-0.15, -0.1) is 0 Å². The highest BCUT2D eigenvalue weighted by atomic mass is 16.5. The zero-order valence-electron chi connectivity index (χ0n) is 17.4. The zero-order valence-corrected chi connectivity index (χ0v) is 17.4. The van der Waals surface area contributed by atoms with E-state index in [0.717, 1.165) is 28.1 Å². The predicted octanol–water partition coefficient (Wildman–Crippen LogP) is 4.16. The Labute approximate surface area is 180 Å². The number of nitrogens with one attached hydrogen (secondary N) is 2. The Morgan fingerprint density at radius 3 is 2.45 bits per heavy atom. The number of amides is 1. The fourth-order valence-electron chi connectivity index (χ4n) is 3.26. The van der Waals surface area contributed by atoms with Crippen LogP contribution in [0.2, 0.25) is 0 Å². The van der Waals surface area contributed by atoms with Gasteiger partial charge >= 0.3 is 0 Å². The number of hydrogen-bond acceptors (Lipinski definition) is 5. The van der Waals surface area contributed by atoms with Crippen LogP contribution >= 0.6 is 0 Å². The minimum atomic E-state index is -0.164. The first-order valence-electron chi connectivity index (χ1n) is 9.85. The largest absolute Gasteiger partial charge is 0.496 e. The molecule has 4 aromatic rings. The number of aromatic nitrogens is 3. The maximum atomic E-state index is 12.7. The summed E-state index contributed by atoms with van der Waals surface area (Å²) in [6.45, 7) is 0.381. The monoisotopic (exact) mass is 413 g/mol. The average Bonchev–Trinajstić information content (AvgIpc) is 3.20. The van der Waals surface area contributed by atoms with Crippen LogP contribution in [0.25, 0.3) is 11.1 Å². The highest BCUT2D eigenvalue weighted by molar-refractivity contribution is 5.94. The van der Waals surface area contributed by atoms with Crippen LogP contribution in [-0.4, -0.2) is 27.6 Å². The van der Waals surface area contributed by atoms with E-state index < -0.39 is 0 Å². The van der Waals surface area contributed by atoms with E-state index in [1.807, 2.05) is 73.9 Å². The van der Waals surface area contributed by atoms with Gasteiger partial charge in [0.25, 0.3) is 5.91 Å². The molecule has 0 atom stereocenters. The Hall–Kier alpha value is -4.13. The lowest BCUT2D eigenvalue weighted by molar-refractivity contribution is 0.0942. The third-order valence-electron chi connectivity index (χ3n) is 4.88. The maximum Gasteiger partial charge on any atom is 0.268 e. The molecule has 156 valence electrons. The Kier molecular flexibility index (Phi) is 5.93. The van der Waals surface area contributed by atoms with Gasteiger partial charge < -0.3 is 19.9 Å². The lowest BCUT2D eigenvalue weighted by atomic mass is 10.2. The van der Waals surface area contributed by atoms with Crippen molar-refractivity contribution in [3.63, 3.8) is 0 Å². The second kappa shape index (κ2) is 9.13.